The number of nitrogens with one attached hydrogen (secondary N) is 1. The first-order valence-corrected chi connectivity index (χ1v) is 19.3. The monoisotopic (exact) mass is 707 g/mol. The van der Waals surface area contributed by atoms with Gasteiger partial charge in [-0.25, -0.2) is 0 Å². The summed E-state index contributed by atoms with van der Waals surface area (Å²) in [6.07, 6.45) is 15.5. The minimum absolute atomic E-state index is 0.147. The molecular formula is C43H65NO7. The summed E-state index contributed by atoms with van der Waals surface area (Å²) in [7, 11) is 0. The van der Waals surface area contributed by atoms with Crippen molar-refractivity contribution in [3.8, 4) is 5.75 Å². The molecule has 2 aromatic rings. The van der Waals surface area contributed by atoms with Crippen LogP contribution in [0.2, 0.25) is 0 Å². The highest BCUT2D eigenvalue weighted by Crippen LogP contribution is 2.45. The van der Waals surface area contributed by atoms with E-state index in [1.807, 2.05) is 30.4 Å². The molecule has 0 amide bonds. The Hall–Kier alpha value is -3.01. The third-order valence-corrected chi connectivity index (χ3v) is 10.5. The Morgan fingerprint density at radius 3 is 2.29 bits per heavy atom. The van der Waals surface area contributed by atoms with Crippen molar-refractivity contribution in [2.75, 3.05) is 13.2 Å². The molecule has 1 aliphatic carbocycles. The normalized spacial score (nSPS) is 17.9. The van der Waals surface area contributed by atoms with Crippen LogP contribution in [0.5, 0.6) is 5.75 Å². The van der Waals surface area contributed by atoms with Gasteiger partial charge in [-0.15, -0.1) is 0 Å². The Morgan fingerprint density at radius 2 is 1.65 bits per heavy atom. The number of aliphatic hydroxyl groups excluding tert-OH is 3. The number of aliphatic carboxylic acids is 1. The van der Waals surface area contributed by atoms with E-state index in [-0.39, 0.29) is 43.2 Å². The number of aromatic hydroxyl groups is 1. The van der Waals surface area contributed by atoms with Crippen molar-refractivity contribution >= 4 is 5.97 Å². The lowest BCUT2D eigenvalue weighted by Crippen LogP contribution is -2.45. The van der Waals surface area contributed by atoms with Crippen LogP contribution in [-0.2, 0) is 17.6 Å². The standard InChI is InChI=1S/C43H65NO7/c1-3-4-6-15-36(46)24-21-35(20-17-33-13-7-5-8-14-33)39(28-38(48)31-45)40(16-9-10-25-43(30-41(49)50)26-11-12-27-43)44-32-42(2,51)29-34-18-22-37(47)23-19-34/h5,7-8,13-14,18-19,21-24,36,38,40,44-48,51H,3-4,6,9-12,15-17,20,25-32H2,1-2H3,(H,49,50)/t36-,38-,40-,42-/m0/s1. The number of carboxylic acids is 1. The lowest BCUT2D eigenvalue weighted by Gasteiger charge is -2.32. The topological polar surface area (TPSA) is 150 Å². The molecule has 0 radical (unpaired) electrons. The lowest BCUT2D eigenvalue weighted by molar-refractivity contribution is -0.139. The van der Waals surface area contributed by atoms with Crippen molar-refractivity contribution in [1.29, 1.82) is 0 Å². The summed E-state index contributed by atoms with van der Waals surface area (Å²) in [6.45, 7) is 3.80. The molecule has 51 heavy (non-hydrogen) atoms. The predicted octanol–water partition coefficient (Wildman–Crippen LogP) is 7.41. The molecule has 1 fully saturated rings. The van der Waals surface area contributed by atoms with E-state index in [0.717, 1.165) is 87.3 Å². The second-order valence-corrected chi connectivity index (χ2v) is 15.3. The van der Waals surface area contributed by atoms with Gasteiger partial charge in [0, 0.05) is 19.0 Å². The van der Waals surface area contributed by atoms with E-state index in [1.165, 1.54) is 5.56 Å². The number of carboxylic acid groups (broad SMARTS) is 1. The van der Waals surface area contributed by atoms with Gasteiger partial charge in [-0.2, -0.15) is 0 Å². The van der Waals surface area contributed by atoms with Crippen LogP contribution in [0.25, 0.3) is 0 Å². The van der Waals surface area contributed by atoms with Gasteiger partial charge >= 0.3 is 5.97 Å². The molecule has 8 heteroatoms. The first kappa shape index (κ1) is 42.4. The van der Waals surface area contributed by atoms with Gasteiger partial charge in [0.05, 0.1) is 30.8 Å². The third kappa shape index (κ3) is 16.0. The van der Waals surface area contributed by atoms with E-state index in [1.54, 1.807) is 31.2 Å². The highest BCUT2D eigenvalue weighted by molar-refractivity contribution is 5.67. The summed E-state index contributed by atoms with van der Waals surface area (Å²) in [5.74, 6) is -0.564. The molecule has 7 N–H and O–H groups in total. The number of hydrogen-bond donors (Lipinski definition) is 7. The van der Waals surface area contributed by atoms with Crippen molar-refractivity contribution in [2.45, 2.75) is 147 Å². The number of benzene rings is 2. The second kappa shape index (κ2) is 22.1. The third-order valence-electron chi connectivity index (χ3n) is 10.5. The van der Waals surface area contributed by atoms with Gasteiger partial charge in [0.1, 0.15) is 5.75 Å². The van der Waals surface area contributed by atoms with Gasteiger partial charge in [0.2, 0.25) is 0 Å². The number of aryl methyl sites for hydroxylation is 1. The van der Waals surface area contributed by atoms with Crippen LogP contribution in [0, 0.1) is 5.41 Å². The predicted molar refractivity (Wildman–Crippen MR) is 205 cm³/mol. The molecule has 0 heterocycles. The molecule has 0 spiro atoms. The molecule has 0 unspecified atom stereocenters. The van der Waals surface area contributed by atoms with Gasteiger partial charge < -0.3 is 36.0 Å². The van der Waals surface area contributed by atoms with Crippen LogP contribution in [-0.4, -0.2) is 73.6 Å². The fourth-order valence-corrected chi connectivity index (χ4v) is 7.69. The SMILES string of the molecule is CCCCC[C@H](O)C=CC(CCc1ccccc1)=C(C[C@H](O)CO)[C@H](CCCCC1(CC(=O)O)CCCC1)NC[C@@](C)(O)Cc1ccc(O)cc1. The fourth-order valence-electron chi connectivity index (χ4n) is 7.69. The van der Waals surface area contributed by atoms with Crippen molar-refractivity contribution in [3.05, 3.63) is 89.0 Å². The number of allylic oxidation sites excluding steroid dienone is 2. The van der Waals surface area contributed by atoms with E-state index in [9.17, 15) is 35.4 Å². The lowest BCUT2D eigenvalue weighted by atomic mass is 9.77. The molecular weight excluding hydrogens is 642 g/mol. The molecule has 1 saturated carbocycles. The van der Waals surface area contributed by atoms with Gasteiger partial charge in [-0.1, -0.05) is 106 Å². The zero-order valence-electron chi connectivity index (χ0n) is 31.1. The van der Waals surface area contributed by atoms with E-state index in [2.05, 4.69) is 24.4 Å². The number of rotatable bonds is 25. The maximum atomic E-state index is 11.8. The van der Waals surface area contributed by atoms with E-state index in [4.69, 9.17) is 0 Å². The average Bonchev–Trinajstić information content (AvgIpc) is 3.56. The van der Waals surface area contributed by atoms with Gasteiger partial charge in [0.25, 0.3) is 0 Å². The summed E-state index contributed by atoms with van der Waals surface area (Å²) < 4.78 is 0. The molecule has 8 nitrogen and oxygen atoms in total. The smallest absolute Gasteiger partial charge is 0.303 e. The van der Waals surface area contributed by atoms with Crippen molar-refractivity contribution in [2.24, 2.45) is 5.41 Å². The van der Waals surface area contributed by atoms with Crippen LogP contribution in [0.1, 0.15) is 121 Å². The quantitative estimate of drug-likeness (QED) is 0.0417. The Kier molecular flexibility index (Phi) is 18.4. The maximum absolute atomic E-state index is 11.8. The van der Waals surface area contributed by atoms with E-state index < -0.39 is 23.8 Å². The van der Waals surface area contributed by atoms with E-state index >= 15 is 0 Å². The second-order valence-electron chi connectivity index (χ2n) is 15.3. The van der Waals surface area contributed by atoms with Crippen LogP contribution < -0.4 is 5.32 Å². The summed E-state index contributed by atoms with van der Waals surface area (Å²) in [4.78, 5) is 11.8. The first-order chi connectivity index (χ1) is 24.4. The Morgan fingerprint density at radius 1 is 0.961 bits per heavy atom. The molecule has 0 aromatic heterocycles. The molecule has 0 bridgehead atoms. The molecule has 1 aliphatic rings. The highest BCUT2D eigenvalue weighted by Gasteiger charge is 2.35. The van der Waals surface area contributed by atoms with Crippen LogP contribution in [0.15, 0.2) is 77.9 Å². The van der Waals surface area contributed by atoms with Gasteiger partial charge in [-0.3, -0.25) is 4.79 Å². The molecule has 2 aromatic carbocycles. The Bertz CT molecular complexity index is 1330. The first-order valence-electron chi connectivity index (χ1n) is 19.3. The van der Waals surface area contributed by atoms with Crippen molar-refractivity contribution in [1.82, 2.24) is 5.32 Å². The Labute approximate surface area is 306 Å². The molecule has 284 valence electrons. The van der Waals surface area contributed by atoms with Crippen LogP contribution in [0.4, 0.5) is 0 Å². The highest BCUT2D eigenvalue weighted by atomic mass is 16.4. The summed E-state index contributed by atoms with van der Waals surface area (Å²) in [5.41, 5.74) is 2.75. The largest absolute Gasteiger partial charge is 0.508 e. The summed E-state index contributed by atoms with van der Waals surface area (Å²) in [6, 6.07) is 16.8. The summed E-state index contributed by atoms with van der Waals surface area (Å²) in [5, 5.41) is 66.4. The van der Waals surface area contributed by atoms with Crippen LogP contribution in [0.3, 0.4) is 0 Å². The zero-order valence-corrected chi connectivity index (χ0v) is 31.1. The minimum Gasteiger partial charge on any atom is -0.508 e. The fraction of sp³-hybridized carbons (Fsp3) is 0.605. The number of aliphatic hydroxyl groups is 4. The minimum atomic E-state index is -1.12. The number of hydrogen-bond acceptors (Lipinski definition) is 7. The maximum Gasteiger partial charge on any atom is 0.303 e. The van der Waals surface area contributed by atoms with Gasteiger partial charge in [-0.05, 0) is 98.1 Å². The zero-order chi connectivity index (χ0) is 37.1. The summed E-state index contributed by atoms with van der Waals surface area (Å²) >= 11 is 0. The molecule has 4 atom stereocenters. The van der Waals surface area contributed by atoms with Crippen molar-refractivity contribution < 1.29 is 35.4 Å². The molecule has 0 aliphatic heterocycles. The van der Waals surface area contributed by atoms with Gasteiger partial charge in [0.15, 0.2) is 0 Å². The number of unbranched alkanes of at least 4 members (excludes halogenated alkanes) is 3. The Balaban J connectivity index is 1.95. The number of phenolic OH excluding ortho intramolecular Hbond substituents is 1. The average molecular weight is 708 g/mol. The van der Waals surface area contributed by atoms with Crippen molar-refractivity contribution in [3.63, 3.8) is 0 Å². The molecule has 0 saturated heterocycles. The van der Waals surface area contributed by atoms with Crippen LogP contribution >= 0.6 is 0 Å². The number of phenols is 1. The molecule has 3 rings (SSSR count). The number of carbonyl (C=O) groups is 1. The van der Waals surface area contributed by atoms with E-state index in [0.29, 0.717) is 25.7 Å².